The molecule has 3 rings (SSSR count). The third kappa shape index (κ3) is 3.79. The van der Waals surface area contributed by atoms with Crippen LogP contribution in [-0.4, -0.2) is 51.4 Å². The number of carboxylic acid groups (broad SMARTS) is 1. The molecule has 0 aliphatic carbocycles. The van der Waals surface area contributed by atoms with Crippen molar-refractivity contribution in [2.24, 2.45) is 0 Å². The van der Waals surface area contributed by atoms with E-state index in [1.807, 2.05) is 18.7 Å². The van der Waals surface area contributed by atoms with E-state index < -0.39 is 12.1 Å². The van der Waals surface area contributed by atoms with Gasteiger partial charge in [0.2, 0.25) is 0 Å². The number of aryl methyl sites for hydroxylation is 2. The second-order valence-corrected chi connectivity index (χ2v) is 6.30. The number of nitrogens with one attached hydrogen (secondary N) is 1. The lowest BCUT2D eigenvalue weighted by atomic mass is 10.1. The highest BCUT2D eigenvalue weighted by Gasteiger charge is 2.33. The maximum absolute atomic E-state index is 14.0. The Labute approximate surface area is 144 Å². The van der Waals surface area contributed by atoms with Crippen molar-refractivity contribution in [2.45, 2.75) is 39.0 Å². The molecule has 25 heavy (non-hydrogen) atoms. The van der Waals surface area contributed by atoms with E-state index in [4.69, 9.17) is 4.52 Å². The minimum absolute atomic E-state index is 0.0626. The molecule has 0 radical (unpaired) electrons. The summed E-state index contributed by atoms with van der Waals surface area (Å²) in [6.45, 7) is 5.03. The number of anilines is 1. The monoisotopic (exact) mass is 348 g/mol. The Kier molecular flexibility index (Phi) is 4.98. The van der Waals surface area contributed by atoms with Gasteiger partial charge in [0.05, 0.1) is 5.69 Å². The Bertz CT molecular complexity index is 745. The molecule has 134 valence electrons. The highest BCUT2D eigenvalue weighted by Crippen LogP contribution is 2.25. The molecule has 1 aliphatic heterocycles. The smallest absolute Gasteiger partial charge is 0.339 e. The number of pyridine rings is 1. The van der Waals surface area contributed by atoms with Gasteiger partial charge in [-0.3, -0.25) is 4.90 Å². The van der Waals surface area contributed by atoms with Gasteiger partial charge >= 0.3 is 5.97 Å². The van der Waals surface area contributed by atoms with Gasteiger partial charge in [-0.1, -0.05) is 5.16 Å². The number of aromatic nitrogens is 2. The summed E-state index contributed by atoms with van der Waals surface area (Å²) in [7, 11) is 0. The maximum atomic E-state index is 14.0. The summed E-state index contributed by atoms with van der Waals surface area (Å²) < 4.78 is 19.1. The van der Waals surface area contributed by atoms with Gasteiger partial charge in [-0.15, -0.1) is 0 Å². The van der Waals surface area contributed by atoms with Crippen molar-refractivity contribution in [3.8, 4) is 0 Å². The number of halogens is 1. The van der Waals surface area contributed by atoms with E-state index >= 15 is 0 Å². The normalized spacial score (nSPS) is 20.8. The number of likely N-dealkylation sites (tertiary alicyclic amines) is 1. The van der Waals surface area contributed by atoms with E-state index in [9.17, 15) is 14.3 Å². The number of carbonyl (C=O) groups is 1. The Morgan fingerprint density at radius 3 is 3.00 bits per heavy atom. The van der Waals surface area contributed by atoms with Crippen molar-refractivity contribution >= 4 is 11.8 Å². The number of hydrogen-bond donors (Lipinski definition) is 2. The molecule has 2 aromatic rings. The molecule has 0 aromatic carbocycles. The number of hydrogen-bond acceptors (Lipinski definition) is 6. The molecule has 2 aromatic heterocycles. The molecule has 1 fully saturated rings. The molecule has 7 nitrogen and oxygen atoms in total. The quantitative estimate of drug-likeness (QED) is 0.828. The average Bonchev–Trinajstić information content (AvgIpc) is 3.09. The fourth-order valence-electron chi connectivity index (χ4n) is 3.19. The summed E-state index contributed by atoms with van der Waals surface area (Å²) in [4.78, 5) is 17.4. The first kappa shape index (κ1) is 17.3. The van der Waals surface area contributed by atoms with Crippen LogP contribution in [0.4, 0.5) is 10.2 Å². The predicted octanol–water partition coefficient (Wildman–Crippen LogP) is 2.41. The zero-order valence-corrected chi connectivity index (χ0v) is 14.2. The third-order valence-electron chi connectivity index (χ3n) is 4.56. The largest absolute Gasteiger partial charge is 0.478 e. The van der Waals surface area contributed by atoms with Crippen LogP contribution in [0.15, 0.2) is 22.9 Å². The molecule has 1 aliphatic rings. The molecule has 0 spiro atoms. The van der Waals surface area contributed by atoms with Gasteiger partial charge in [0.15, 0.2) is 0 Å². The van der Waals surface area contributed by atoms with Crippen molar-refractivity contribution in [3.05, 3.63) is 40.9 Å². The summed E-state index contributed by atoms with van der Waals surface area (Å²) in [6.07, 6.45) is 1.02. The molecule has 0 saturated carbocycles. The topological polar surface area (TPSA) is 91.5 Å². The molecule has 2 atom stereocenters. The zero-order chi connectivity index (χ0) is 18.0. The summed E-state index contributed by atoms with van der Waals surface area (Å²) in [5.41, 5.74) is 1.89. The fourth-order valence-corrected chi connectivity index (χ4v) is 3.19. The molecule has 0 amide bonds. The lowest BCUT2D eigenvalue weighted by Gasteiger charge is -2.24. The zero-order valence-electron chi connectivity index (χ0n) is 14.2. The van der Waals surface area contributed by atoms with Crippen LogP contribution in [0, 0.1) is 13.8 Å². The van der Waals surface area contributed by atoms with Crippen LogP contribution < -0.4 is 5.32 Å². The first-order valence-corrected chi connectivity index (χ1v) is 8.17. The standard InChI is InChI=1S/C17H21FN4O3/c1-10-15(11(2)25-21-10)9-22-8-12(18)6-13(22)7-20-16-14(17(23)24)4-3-5-19-16/h3-5,12-13H,6-9H2,1-2H3,(H,19,20)(H,23,24)/t12-,13-/m0/s1. The van der Waals surface area contributed by atoms with Crippen molar-refractivity contribution in [1.82, 2.24) is 15.0 Å². The summed E-state index contributed by atoms with van der Waals surface area (Å²) in [5, 5.41) is 16.2. The number of nitrogens with zero attached hydrogens (tertiary/aromatic N) is 3. The molecule has 2 N–H and O–H groups in total. The number of aromatic carboxylic acids is 1. The van der Waals surface area contributed by atoms with Crippen molar-refractivity contribution in [1.29, 1.82) is 0 Å². The van der Waals surface area contributed by atoms with Crippen LogP contribution in [0.3, 0.4) is 0 Å². The molecular weight excluding hydrogens is 327 g/mol. The van der Waals surface area contributed by atoms with Gasteiger partial charge in [-0.05, 0) is 32.4 Å². The van der Waals surface area contributed by atoms with Crippen molar-refractivity contribution < 1.29 is 18.8 Å². The summed E-state index contributed by atoms with van der Waals surface area (Å²) in [6, 6.07) is 3.00. The third-order valence-corrected chi connectivity index (χ3v) is 4.56. The summed E-state index contributed by atoms with van der Waals surface area (Å²) >= 11 is 0. The highest BCUT2D eigenvalue weighted by molar-refractivity contribution is 5.92. The highest BCUT2D eigenvalue weighted by atomic mass is 19.1. The van der Waals surface area contributed by atoms with Gasteiger partial charge in [-0.2, -0.15) is 0 Å². The van der Waals surface area contributed by atoms with Crippen molar-refractivity contribution in [2.75, 3.05) is 18.4 Å². The molecule has 0 bridgehead atoms. The van der Waals surface area contributed by atoms with Crippen molar-refractivity contribution in [3.63, 3.8) is 0 Å². The first-order valence-electron chi connectivity index (χ1n) is 8.17. The van der Waals surface area contributed by atoms with E-state index in [1.165, 1.54) is 12.3 Å². The maximum Gasteiger partial charge on any atom is 0.339 e. The number of carboxylic acids is 1. The Morgan fingerprint density at radius 2 is 2.32 bits per heavy atom. The second kappa shape index (κ2) is 7.18. The molecule has 3 heterocycles. The van der Waals surface area contributed by atoms with E-state index in [2.05, 4.69) is 15.5 Å². The van der Waals surface area contributed by atoms with E-state index in [0.717, 1.165) is 17.0 Å². The SMILES string of the molecule is Cc1noc(C)c1CN1C[C@@H](F)C[C@H]1CNc1ncccc1C(=O)O. The van der Waals surface area contributed by atoms with E-state index in [0.29, 0.717) is 31.9 Å². The molecule has 8 heteroatoms. The number of rotatable bonds is 6. The van der Waals surface area contributed by atoms with Gasteiger partial charge in [-0.25, -0.2) is 14.2 Å². The molecule has 0 unspecified atom stereocenters. The minimum atomic E-state index is -1.04. The average molecular weight is 348 g/mol. The van der Waals surface area contributed by atoms with Crippen LogP contribution in [0.2, 0.25) is 0 Å². The van der Waals surface area contributed by atoms with E-state index in [1.54, 1.807) is 6.07 Å². The lowest BCUT2D eigenvalue weighted by molar-refractivity contribution is 0.0697. The minimum Gasteiger partial charge on any atom is -0.478 e. The fraction of sp³-hybridized carbons (Fsp3) is 0.471. The van der Waals surface area contributed by atoms with Crippen LogP contribution in [0.25, 0.3) is 0 Å². The second-order valence-electron chi connectivity index (χ2n) is 6.30. The molecular formula is C17H21FN4O3. The number of alkyl halides is 1. The predicted molar refractivity (Wildman–Crippen MR) is 89.4 cm³/mol. The van der Waals surface area contributed by atoms with E-state index in [-0.39, 0.29) is 11.6 Å². The van der Waals surface area contributed by atoms with Gasteiger partial charge < -0.3 is 14.9 Å². The molecule has 1 saturated heterocycles. The van der Waals surface area contributed by atoms with Gasteiger partial charge in [0.25, 0.3) is 0 Å². The van der Waals surface area contributed by atoms with Gasteiger partial charge in [0, 0.05) is 37.4 Å². The van der Waals surface area contributed by atoms with Crippen LogP contribution in [0.1, 0.15) is 33.8 Å². The van der Waals surface area contributed by atoms with Gasteiger partial charge in [0.1, 0.15) is 23.3 Å². The first-order chi connectivity index (χ1) is 12.0. The Hall–Kier alpha value is -2.48. The summed E-state index contributed by atoms with van der Waals surface area (Å²) in [5.74, 6) is -0.00280. The van der Waals surface area contributed by atoms with Crippen LogP contribution >= 0.6 is 0 Å². The lowest BCUT2D eigenvalue weighted by Crippen LogP contribution is -2.35. The van der Waals surface area contributed by atoms with Crippen LogP contribution in [-0.2, 0) is 6.54 Å². The Balaban J connectivity index is 1.70. The Morgan fingerprint density at radius 1 is 1.52 bits per heavy atom. The van der Waals surface area contributed by atoms with Crippen LogP contribution in [0.5, 0.6) is 0 Å².